The second-order valence-electron chi connectivity index (χ2n) is 11.4. The Bertz CT molecular complexity index is 1350. The maximum atomic E-state index is 13.3. The third kappa shape index (κ3) is 8.92. The van der Waals surface area contributed by atoms with E-state index in [1.165, 1.54) is 5.56 Å². The van der Waals surface area contributed by atoms with Crippen LogP contribution in [0, 0.1) is 0 Å². The first-order valence-electron chi connectivity index (χ1n) is 15.7. The molecule has 3 aromatic rings. The monoisotopic (exact) mass is 583 g/mol. The Hall–Kier alpha value is -3.65. The molecule has 2 aliphatic rings. The van der Waals surface area contributed by atoms with E-state index < -0.39 is 0 Å². The number of carbonyl (C=O) groups excluding carboxylic acids is 1. The summed E-state index contributed by atoms with van der Waals surface area (Å²) in [6.45, 7) is 7.36. The third-order valence-corrected chi connectivity index (χ3v) is 8.17. The highest BCUT2D eigenvalue weighted by molar-refractivity contribution is 6.07. The fourth-order valence-corrected chi connectivity index (χ4v) is 5.55. The number of unbranched alkanes of at least 4 members (excludes halogenated alkanes) is 1. The van der Waals surface area contributed by atoms with Crippen molar-refractivity contribution < 1.29 is 19.0 Å². The number of anilines is 2. The van der Waals surface area contributed by atoms with Gasteiger partial charge in [0, 0.05) is 55.9 Å². The van der Waals surface area contributed by atoms with E-state index in [0.717, 1.165) is 91.4 Å². The molecule has 0 atom stereocenters. The number of benzene rings is 3. The Balaban J connectivity index is 1.19. The van der Waals surface area contributed by atoms with Crippen LogP contribution in [0.5, 0.6) is 5.75 Å². The van der Waals surface area contributed by atoms with E-state index in [9.17, 15) is 4.79 Å². The zero-order valence-electron chi connectivity index (χ0n) is 25.6. The Labute approximate surface area is 256 Å². The van der Waals surface area contributed by atoms with Gasteiger partial charge in [-0.15, -0.1) is 0 Å². The van der Waals surface area contributed by atoms with Gasteiger partial charge in [-0.1, -0.05) is 43.7 Å². The highest BCUT2D eigenvalue weighted by Crippen LogP contribution is 2.30. The largest absolute Gasteiger partial charge is 0.491 e. The van der Waals surface area contributed by atoms with Crippen molar-refractivity contribution in [2.45, 2.75) is 51.6 Å². The van der Waals surface area contributed by atoms with Crippen LogP contribution in [0.4, 0.5) is 11.4 Å². The molecule has 43 heavy (non-hydrogen) atoms. The predicted molar refractivity (Wildman–Crippen MR) is 175 cm³/mol. The van der Waals surface area contributed by atoms with Crippen molar-refractivity contribution in [2.75, 3.05) is 57.3 Å². The molecule has 0 radical (unpaired) electrons. The minimum Gasteiger partial charge on any atom is -0.491 e. The number of fused-ring (bicyclic) bond motifs is 1. The topological polar surface area (TPSA) is 72.1 Å². The quantitative estimate of drug-likeness (QED) is 0.211. The van der Waals surface area contributed by atoms with Gasteiger partial charge in [0.1, 0.15) is 12.4 Å². The molecular weight excluding hydrogens is 538 g/mol. The highest BCUT2D eigenvalue weighted by atomic mass is 16.5. The van der Waals surface area contributed by atoms with Crippen LogP contribution in [0.3, 0.4) is 0 Å². The van der Waals surface area contributed by atoms with Crippen molar-refractivity contribution in [3.05, 3.63) is 83.4 Å². The Morgan fingerprint density at radius 3 is 2.51 bits per heavy atom. The number of nitrogens with zero attached hydrogens (tertiary/aromatic N) is 1. The molecule has 0 saturated carbocycles. The summed E-state index contributed by atoms with van der Waals surface area (Å²) >= 11 is 0. The average molecular weight is 584 g/mol. The van der Waals surface area contributed by atoms with Crippen molar-refractivity contribution in [3.8, 4) is 16.9 Å². The van der Waals surface area contributed by atoms with Crippen LogP contribution in [-0.2, 0) is 20.8 Å². The number of nitrogens with one attached hydrogen (secondary N) is 2. The average Bonchev–Trinajstić information content (AvgIpc) is 3.27. The molecule has 2 heterocycles. The van der Waals surface area contributed by atoms with Gasteiger partial charge in [0.15, 0.2) is 0 Å². The lowest BCUT2D eigenvalue weighted by molar-refractivity contribution is -0.112. The SMILES string of the molecule is CCCCOCCOc1ccc(-c2ccc3c(c2)C=C(C(=O)Nc2ccc(CN(C)C4CCOCC4)cc2)CCN3)cc1. The van der Waals surface area contributed by atoms with Gasteiger partial charge >= 0.3 is 0 Å². The third-order valence-electron chi connectivity index (χ3n) is 8.17. The summed E-state index contributed by atoms with van der Waals surface area (Å²) in [5.41, 5.74) is 7.04. The minimum absolute atomic E-state index is 0.0627. The molecule has 7 heteroatoms. The number of hydrogen-bond donors (Lipinski definition) is 2. The number of rotatable bonds is 13. The number of hydrogen-bond acceptors (Lipinski definition) is 6. The molecule has 3 aromatic carbocycles. The van der Waals surface area contributed by atoms with Gasteiger partial charge in [-0.2, -0.15) is 0 Å². The lowest BCUT2D eigenvalue weighted by Gasteiger charge is -2.31. The summed E-state index contributed by atoms with van der Waals surface area (Å²) in [6, 6.07) is 23.2. The number of amides is 1. The zero-order valence-corrected chi connectivity index (χ0v) is 25.6. The van der Waals surface area contributed by atoms with Crippen molar-refractivity contribution in [1.82, 2.24) is 4.90 Å². The summed E-state index contributed by atoms with van der Waals surface area (Å²) in [4.78, 5) is 15.7. The Kier molecular flexibility index (Phi) is 11.3. The van der Waals surface area contributed by atoms with Crippen molar-refractivity contribution >= 4 is 23.4 Å². The lowest BCUT2D eigenvalue weighted by atomic mass is 10.0. The van der Waals surface area contributed by atoms with Gasteiger partial charge in [-0.25, -0.2) is 0 Å². The molecule has 0 unspecified atom stereocenters. The van der Waals surface area contributed by atoms with Gasteiger partial charge in [0.2, 0.25) is 0 Å². The van der Waals surface area contributed by atoms with E-state index >= 15 is 0 Å². The first-order valence-corrected chi connectivity index (χ1v) is 15.7. The fourth-order valence-electron chi connectivity index (χ4n) is 5.55. The van der Waals surface area contributed by atoms with Gasteiger partial charge in [-0.05, 0) is 97.5 Å². The Morgan fingerprint density at radius 2 is 1.74 bits per heavy atom. The van der Waals surface area contributed by atoms with E-state index in [4.69, 9.17) is 14.2 Å². The zero-order chi connectivity index (χ0) is 29.9. The molecule has 0 spiro atoms. The first kappa shape index (κ1) is 30.8. The standard InChI is InChI=1S/C36H45N3O4/c1-3-4-19-41-22-23-43-34-12-7-28(8-13-34)29-9-14-35-31(24-29)25-30(15-18-37-35)36(40)38-32-10-5-27(6-11-32)26-39(2)33-16-20-42-21-17-33/h5-14,24-25,33,37H,3-4,15-23,26H2,1-2H3,(H,38,40). The molecule has 0 aromatic heterocycles. The van der Waals surface area contributed by atoms with Crippen LogP contribution < -0.4 is 15.4 Å². The Morgan fingerprint density at radius 1 is 0.977 bits per heavy atom. The van der Waals surface area contributed by atoms with Gasteiger partial charge in [0.05, 0.1) is 6.61 Å². The van der Waals surface area contributed by atoms with E-state index in [-0.39, 0.29) is 5.91 Å². The van der Waals surface area contributed by atoms with Crippen molar-refractivity contribution in [1.29, 1.82) is 0 Å². The van der Waals surface area contributed by atoms with Gasteiger partial charge in [-0.3, -0.25) is 9.69 Å². The van der Waals surface area contributed by atoms with Crippen LogP contribution in [0.1, 0.15) is 50.2 Å². The molecule has 7 nitrogen and oxygen atoms in total. The van der Waals surface area contributed by atoms with Crippen LogP contribution in [0.15, 0.2) is 72.3 Å². The summed E-state index contributed by atoms with van der Waals surface area (Å²) in [6.07, 6.45) is 7.04. The van der Waals surface area contributed by atoms with Gasteiger partial charge in [0.25, 0.3) is 5.91 Å². The molecule has 1 fully saturated rings. The minimum atomic E-state index is -0.0627. The maximum absolute atomic E-state index is 13.3. The molecule has 0 aliphatic carbocycles. The smallest absolute Gasteiger partial charge is 0.251 e. The molecule has 2 N–H and O–H groups in total. The van der Waals surface area contributed by atoms with Gasteiger partial charge < -0.3 is 24.8 Å². The van der Waals surface area contributed by atoms with E-state index in [2.05, 4.69) is 72.0 Å². The van der Waals surface area contributed by atoms with Crippen molar-refractivity contribution in [3.63, 3.8) is 0 Å². The summed E-state index contributed by atoms with van der Waals surface area (Å²) in [5, 5.41) is 6.59. The number of ether oxygens (including phenoxy) is 3. The van der Waals surface area contributed by atoms with Crippen LogP contribution >= 0.6 is 0 Å². The normalized spacial score (nSPS) is 15.3. The molecule has 1 saturated heterocycles. The predicted octanol–water partition coefficient (Wildman–Crippen LogP) is 7.00. The fraction of sp³-hybridized carbons (Fsp3) is 0.417. The van der Waals surface area contributed by atoms with E-state index in [1.54, 1.807) is 0 Å². The highest BCUT2D eigenvalue weighted by Gasteiger charge is 2.19. The first-order chi connectivity index (χ1) is 21.1. The summed E-state index contributed by atoms with van der Waals surface area (Å²) in [5.74, 6) is 0.768. The van der Waals surface area contributed by atoms with Crippen LogP contribution in [0.2, 0.25) is 0 Å². The van der Waals surface area contributed by atoms with Crippen LogP contribution in [-0.4, -0.2) is 63.5 Å². The van der Waals surface area contributed by atoms with Crippen LogP contribution in [0.25, 0.3) is 17.2 Å². The van der Waals surface area contributed by atoms with E-state index in [0.29, 0.717) is 32.2 Å². The second-order valence-corrected chi connectivity index (χ2v) is 11.4. The van der Waals surface area contributed by atoms with Crippen molar-refractivity contribution in [2.24, 2.45) is 0 Å². The summed E-state index contributed by atoms with van der Waals surface area (Å²) in [7, 11) is 2.18. The maximum Gasteiger partial charge on any atom is 0.251 e. The molecule has 0 bridgehead atoms. The number of carbonyl (C=O) groups is 1. The second kappa shape index (κ2) is 15.7. The molecule has 5 rings (SSSR count). The molecule has 228 valence electrons. The molecular formula is C36H45N3O4. The van der Waals surface area contributed by atoms with E-state index in [1.807, 2.05) is 30.3 Å². The lowest BCUT2D eigenvalue weighted by Crippen LogP contribution is -2.36. The summed E-state index contributed by atoms with van der Waals surface area (Å²) < 4.78 is 16.9. The molecule has 2 aliphatic heterocycles. The molecule has 1 amide bonds.